The summed E-state index contributed by atoms with van der Waals surface area (Å²) in [5.74, 6) is 1.44. The Morgan fingerprint density at radius 1 is 1.27 bits per heavy atom. The van der Waals surface area contributed by atoms with Gasteiger partial charge in [-0.3, -0.25) is 0 Å². The number of hydrogen-bond acceptors (Lipinski definition) is 5. The maximum Gasteiger partial charge on any atom is 0.236 e. The number of thiophene rings is 1. The van der Waals surface area contributed by atoms with Gasteiger partial charge in [0.05, 0.1) is 11.4 Å². The number of unbranched alkanes of at least 4 members (excludes halogenated alkanes) is 1. The molecule has 26 heavy (non-hydrogen) atoms. The zero-order valence-corrected chi connectivity index (χ0v) is 18.6. The topological polar surface area (TPSA) is 71.7 Å². The van der Waals surface area contributed by atoms with E-state index in [0.717, 1.165) is 55.7 Å². The molecule has 0 radical (unpaired) electrons. The molecular weight excluding hydrogens is 463 g/mol. The Balaban J connectivity index is 0.00000338. The van der Waals surface area contributed by atoms with E-state index in [1.54, 1.807) is 17.6 Å². The zero-order valence-electron chi connectivity index (χ0n) is 15.5. The first kappa shape index (κ1) is 22.9. The Bertz CT molecular complexity index is 616. The van der Waals surface area contributed by atoms with Crippen molar-refractivity contribution in [2.24, 2.45) is 4.99 Å². The molecule has 0 fully saturated rings. The first-order valence-corrected chi connectivity index (χ1v) is 9.79. The van der Waals surface area contributed by atoms with Gasteiger partial charge >= 0.3 is 0 Å². The highest BCUT2D eigenvalue weighted by atomic mass is 127. The Morgan fingerprint density at radius 3 is 2.85 bits per heavy atom. The number of nitrogens with zero attached hydrogens (tertiary/aromatic N) is 2. The van der Waals surface area contributed by atoms with E-state index < -0.39 is 0 Å². The minimum absolute atomic E-state index is 0. The van der Waals surface area contributed by atoms with Crippen LogP contribution in [0, 0.1) is 0 Å². The van der Waals surface area contributed by atoms with Crippen LogP contribution in [-0.4, -0.2) is 37.2 Å². The van der Waals surface area contributed by atoms with Gasteiger partial charge in [0.25, 0.3) is 0 Å². The van der Waals surface area contributed by atoms with Crippen molar-refractivity contribution in [1.82, 2.24) is 15.6 Å². The van der Waals surface area contributed by atoms with Crippen molar-refractivity contribution in [2.75, 3.05) is 26.3 Å². The van der Waals surface area contributed by atoms with Crippen LogP contribution in [0.1, 0.15) is 38.8 Å². The molecule has 0 saturated carbocycles. The molecule has 6 nitrogen and oxygen atoms in total. The fraction of sp³-hybridized carbons (Fsp3) is 0.556. The van der Waals surface area contributed by atoms with E-state index in [0.29, 0.717) is 12.4 Å². The molecule has 0 spiro atoms. The second-order valence-corrected chi connectivity index (χ2v) is 6.51. The summed E-state index contributed by atoms with van der Waals surface area (Å²) in [5.41, 5.74) is 0.823. The molecule has 2 rings (SSSR count). The highest BCUT2D eigenvalue weighted by Crippen LogP contribution is 2.23. The van der Waals surface area contributed by atoms with Crippen LogP contribution in [0.2, 0.25) is 0 Å². The molecule has 0 aliphatic heterocycles. The molecule has 0 unspecified atom stereocenters. The van der Waals surface area contributed by atoms with E-state index in [1.807, 2.05) is 17.5 Å². The van der Waals surface area contributed by atoms with Crippen molar-refractivity contribution in [2.45, 2.75) is 39.7 Å². The number of halogens is 1. The summed E-state index contributed by atoms with van der Waals surface area (Å²) >= 11 is 1.61. The molecule has 0 aliphatic rings. The fourth-order valence-corrected chi connectivity index (χ4v) is 2.78. The number of oxazole rings is 1. The smallest absolute Gasteiger partial charge is 0.236 e. The Kier molecular flexibility index (Phi) is 12.3. The number of aromatic nitrogens is 1. The molecule has 0 atom stereocenters. The molecule has 2 aromatic rings. The summed E-state index contributed by atoms with van der Waals surface area (Å²) in [6.45, 7) is 7.98. The van der Waals surface area contributed by atoms with E-state index in [1.165, 1.54) is 6.42 Å². The van der Waals surface area contributed by atoms with Crippen molar-refractivity contribution < 1.29 is 9.15 Å². The van der Waals surface area contributed by atoms with Gasteiger partial charge in [0, 0.05) is 26.3 Å². The Morgan fingerprint density at radius 2 is 2.12 bits per heavy atom. The highest BCUT2D eigenvalue weighted by molar-refractivity contribution is 14.0. The third-order valence-corrected chi connectivity index (χ3v) is 4.29. The number of rotatable bonds is 11. The lowest BCUT2D eigenvalue weighted by Gasteiger charge is -2.11. The normalized spacial score (nSPS) is 11.2. The van der Waals surface area contributed by atoms with Crippen LogP contribution in [0.15, 0.2) is 33.2 Å². The quantitative estimate of drug-likeness (QED) is 0.212. The van der Waals surface area contributed by atoms with E-state index in [-0.39, 0.29) is 24.0 Å². The van der Waals surface area contributed by atoms with Crippen LogP contribution >= 0.6 is 35.3 Å². The van der Waals surface area contributed by atoms with Crippen LogP contribution in [0.4, 0.5) is 0 Å². The molecule has 0 bridgehead atoms. The lowest BCUT2D eigenvalue weighted by atomic mass is 10.4. The van der Waals surface area contributed by atoms with Gasteiger partial charge in [-0.05, 0) is 31.2 Å². The summed E-state index contributed by atoms with van der Waals surface area (Å²) in [4.78, 5) is 10.1. The van der Waals surface area contributed by atoms with Crippen molar-refractivity contribution in [1.29, 1.82) is 0 Å². The minimum atomic E-state index is 0. The van der Waals surface area contributed by atoms with Gasteiger partial charge in [-0.25, -0.2) is 9.98 Å². The Labute approximate surface area is 176 Å². The van der Waals surface area contributed by atoms with Gasteiger partial charge in [0.15, 0.2) is 5.96 Å². The minimum Gasteiger partial charge on any atom is -0.443 e. The van der Waals surface area contributed by atoms with Crippen LogP contribution in [-0.2, 0) is 11.3 Å². The molecule has 2 N–H and O–H groups in total. The number of hydrogen-bond donors (Lipinski definition) is 2. The van der Waals surface area contributed by atoms with Gasteiger partial charge in [0.1, 0.15) is 12.0 Å². The zero-order chi connectivity index (χ0) is 17.7. The van der Waals surface area contributed by atoms with Crippen molar-refractivity contribution in [3.8, 4) is 10.8 Å². The SMILES string of the molecule is CCCCOCCCNC(=NCc1coc(-c2cccs2)n1)NCC.I. The summed E-state index contributed by atoms with van der Waals surface area (Å²) < 4.78 is 11.1. The molecule has 2 aromatic heterocycles. The molecule has 0 saturated heterocycles. The van der Waals surface area contributed by atoms with Gasteiger partial charge in [-0.2, -0.15) is 0 Å². The van der Waals surface area contributed by atoms with Crippen LogP contribution in [0.5, 0.6) is 0 Å². The third kappa shape index (κ3) is 8.50. The predicted molar refractivity (Wildman–Crippen MR) is 118 cm³/mol. The van der Waals surface area contributed by atoms with Crippen molar-refractivity contribution in [3.05, 3.63) is 29.5 Å². The molecule has 146 valence electrons. The number of ether oxygens (including phenoxy) is 1. The van der Waals surface area contributed by atoms with Gasteiger partial charge in [-0.1, -0.05) is 19.4 Å². The summed E-state index contributed by atoms with van der Waals surface area (Å²) in [5, 5.41) is 8.57. The monoisotopic (exact) mass is 492 g/mol. The van der Waals surface area contributed by atoms with E-state index in [4.69, 9.17) is 9.15 Å². The summed E-state index contributed by atoms with van der Waals surface area (Å²) in [6, 6.07) is 3.99. The molecular formula is C18H29IN4O2S. The number of nitrogens with one attached hydrogen (secondary N) is 2. The predicted octanol–water partition coefficient (Wildman–Crippen LogP) is 4.28. The standard InChI is InChI=1S/C18H28N4O2S.HI/c1-3-5-10-23-11-7-9-20-18(19-4-2)21-13-15-14-24-17(22-15)16-8-6-12-25-16;/h6,8,12,14H,3-5,7,9-11,13H2,1-2H3,(H2,19,20,21);1H. The van der Waals surface area contributed by atoms with E-state index >= 15 is 0 Å². The number of aliphatic imine (C=N–C) groups is 1. The van der Waals surface area contributed by atoms with Crippen LogP contribution in [0.3, 0.4) is 0 Å². The molecule has 0 aliphatic carbocycles. The lowest BCUT2D eigenvalue weighted by molar-refractivity contribution is 0.129. The van der Waals surface area contributed by atoms with Crippen LogP contribution in [0.25, 0.3) is 10.8 Å². The maximum absolute atomic E-state index is 5.56. The molecule has 0 amide bonds. The molecule has 2 heterocycles. The average molecular weight is 492 g/mol. The summed E-state index contributed by atoms with van der Waals surface area (Å²) in [6.07, 6.45) is 4.93. The lowest BCUT2D eigenvalue weighted by Crippen LogP contribution is -2.38. The van der Waals surface area contributed by atoms with Crippen molar-refractivity contribution >= 4 is 41.3 Å². The third-order valence-electron chi connectivity index (χ3n) is 3.43. The second kappa shape index (κ2) is 14.0. The van der Waals surface area contributed by atoms with Gasteiger partial charge < -0.3 is 19.8 Å². The molecule has 8 heteroatoms. The Hall–Kier alpha value is -1.13. The average Bonchev–Trinajstić information content (AvgIpc) is 3.30. The first-order valence-electron chi connectivity index (χ1n) is 8.91. The molecule has 0 aromatic carbocycles. The van der Waals surface area contributed by atoms with Crippen molar-refractivity contribution in [3.63, 3.8) is 0 Å². The maximum atomic E-state index is 5.56. The largest absolute Gasteiger partial charge is 0.443 e. The van der Waals surface area contributed by atoms with Gasteiger partial charge in [-0.15, -0.1) is 35.3 Å². The number of guanidine groups is 1. The van der Waals surface area contributed by atoms with E-state index in [2.05, 4.69) is 34.5 Å². The van der Waals surface area contributed by atoms with Gasteiger partial charge in [0.2, 0.25) is 5.89 Å². The first-order chi connectivity index (χ1) is 12.3. The summed E-state index contributed by atoms with van der Waals surface area (Å²) in [7, 11) is 0. The highest BCUT2D eigenvalue weighted by Gasteiger charge is 2.07. The van der Waals surface area contributed by atoms with E-state index in [9.17, 15) is 0 Å². The fourth-order valence-electron chi connectivity index (χ4n) is 2.12. The second-order valence-electron chi connectivity index (χ2n) is 5.56. The van der Waals surface area contributed by atoms with Crippen LogP contribution < -0.4 is 10.6 Å².